The van der Waals surface area contributed by atoms with Crippen molar-refractivity contribution in [3.8, 4) is 0 Å². The Balaban J connectivity index is 2.40. The van der Waals surface area contributed by atoms with Gasteiger partial charge in [-0.1, -0.05) is 0 Å². The molecule has 0 unspecified atom stereocenters. The van der Waals surface area contributed by atoms with Crippen LogP contribution in [0.25, 0.3) is 0 Å². The number of benzene rings is 1. The molecule has 1 aromatic carbocycles. The molecule has 0 bridgehead atoms. The second kappa shape index (κ2) is 3.46. The lowest BCUT2D eigenvalue weighted by molar-refractivity contribution is 0.0697. The maximum absolute atomic E-state index is 11.0. The van der Waals surface area contributed by atoms with Crippen molar-refractivity contribution in [1.82, 2.24) is 0 Å². The molecule has 1 aliphatic carbocycles. The summed E-state index contributed by atoms with van der Waals surface area (Å²) in [5.74, 6) is -0.926. The lowest BCUT2D eigenvalue weighted by atomic mass is 10.1. The van der Waals surface area contributed by atoms with Crippen LogP contribution in [0.15, 0.2) is 18.2 Å². The molecule has 0 atom stereocenters. The van der Waals surface area contributed by atoms with Gasteiger partial charge in [0, 0.05) is 18.8 Å². The van der Waals surface area contributed by atoms with E-state index in [1.54, 1.807) is 12.1 Å². The van der Waals surface area contributed by atoms with Crippen LogP contribution in [0.5, 0.6) is 0 Å². The topological polar surface area (TPSA) is 66.6 Å². The van der Waals surface area contributed by atoms with Crippen LogP contribution < -0.4 is 10.6 Å². The van der Waals surface area contributed by atoms with Crippen LogP contribution in [0, 0.1) is 0 Å². The summed E-state index contributed by atoms with van der Waals surface area (Å²) in [5.41, 5.74) is 7.09. The Kier molecular flexibility index (Phi) is 2.26. The molecular formula is C11H14N2O2. The van der Waals surface area contributed by atoms with Gasteiger partial charge in [-0.3, -0.25) is 0 Å². The molecule has 15 heavy (non-hydrogen) atoms. The van der Waals surface area contributed by atoms with Crippen LogP contribution in [0.2, 0.25) is 0 Å². The summed E-state index contributed by atoms with van der Waals surface area (Å²) in [5, 5.41) is 9.06. The fraction of sp³-hybridized carbons (Fsp3) is 0.364. The zero-order valence-electron chi connectivity index (χ0n) is 8.60. The highest BCUT2D eigenvalue weighted by atomic mass is 16.4. The van der Waals surface area contributed by atoms with Gasteiger partial charge in [0.1, 0.15) is 0 Å². The minimum absolute atomic E-state index is 0.282. The van der Waals surface area contributed by atoms with Gasteiger partial charge in [0.25, 0.3) is 0 Å². The van der Waals surface area contributed by atoms with Crippen molar-refractivity contribution in [3.63, 3.8) is 0 Å². The van der Waals surface area contributed by atoms with Crippen molar-refractivity contribution in [3.05, 3.63) is 23.8 Å². The highest BCUT2D eigenvalue weighted by Gasteiger charge is 2.28. The average molecular weight is 206 g/mol. The molecule has 80 valence electrons. The molecule has 1 aliphatic rings. The summed E-state index contributed by atoms with van der Waals surface area (Å²) in [6.45, 7) is 0. The van der Waals surface area contributed by atoms with Crippen molar-refractivity contribution in [2.75, 3.05) is 17.7 Å². The number of carboxylic acids is 1. The van der Waals surface area contributed by atoms with E-state index in [2.05, 4.69) is 0 Å². The number of nitrogens with zero attached hydrogens (tertiary/aromatic N) is 1. The van der Waals surface area contributed by atoms with E-state index in [-0.39, 0.29) is 5.56 Å². The molecule has 1 aromatic rings. The molecule has 1 saturated carbocycles. The molecule has 0 saturated heterocycles. The Morgan fingerprint density at radius 3 is 2.73 bits per heavy atom. The van der Waals surface area contributed by atoms with E-state index in [1.165, 1.54) is 6.07 Å². The molecule has 0 amide bonds. The van der Waals surface area contributed by atoms with Crippen molar-refractivity contribution in [2.24, 2.45) is 0 Å². The van der Waals surface area contributed by atoms with Crippen molar-refractivity contribution in [2.45, 2.75) is 18.9 Å². The molecule has 0 spiro atoms. The van der Waals surface area contributed by atoms with Gasteiger partial charge in [-0.05, 0) is 31.0 Å². The van der Waals surface area contributed by atoms with Crippen LogP contribution in [-0.4, -0.2) is 24.2 Å². The van der Waals surface area contributed by atoms with Gasteiger partial charge in [0.15, 0.2) is 0 Å². The van der Waals surface area contributed by atoms with Crippen LogP contribution in [0.4, 0.5) is 11.4 Å². The van der Waals surface area contributed by atoms with Crippen molar-refractivity contribution < 1.29 is 9.90 Å². The average Bonchev–Trinajstić information content (AvgIpc) is 2.99. The first-order chi connectivity index (χ1) is 7.09. The molecule has 3 N–H and O–H groups in total. The predicted molar refractivity (Wildman–Crippen MR) is 59.2 cm³/mol. The summed E-state index contributed by atoms with van der Waals surface area (Å²) < 4.78 is 0. The molecule has 0 radical (unpaired) electrons. The van der Waals surface area contributed by atoms with Gasteiger partial charge in [0.05, 0.1) is 11.3 Å². The van der Waals surface area contributed by atoms with Crippen LogP contribution in [-0.2, 0) is 0 Å². The minimum Gasteiger partial charge on any atom is -0.478 e. The standard InChI is InChI=1S/C11H14N2O2/c1-13(8-3-4-8)10-5-2-7(12)6-9(10)11(14)15/h2,5-6,8H,3-4,12H2,1H3,(H,14,15). The third-order valence-electron chi connectivity index (χ3n) is 2.73. The van der Waals surface area contributed by atoms with Gasteiger partial charge in [0.2, 0.25) is 0 Å². The SMILES string of the molecule is CN(c1ccc(N)cc1C(=O)O)C1CC1. The summed E-state index contributed by atoms with van der Waals surface area (Å²) >= 11 is 0. The highest BCUT2D eigenvalue weighted by Crippen LogP contribution is 2.32. The Morgan fingerprint density at radius 1 is 1.53 bits per heavy atom. The Bertz CT molecular complexity index is 400. The van der Waals surface area contributed by atoms with E-state index in [0.717, 1.165) is 18.5 Å². The first-order valence-electron chi connectivity index (χ1n) is 4.95. The third kappa shape index (κ3) is 1.88. The largest absolute Gasteiger partial charge is 0.478 e. The Hall–Kier alpha value is -1.71. The van der Waals surface area contributed by atoms with Gasteiger partial charge in [-0.2, -0.15) is 0 Å². The van der Waals surface area contributed by atoms with Crippen molar-refractivity contribution in [1.29, 1.82) is 0 Å². The number of nitrogens with two attached hydrogens (primary N) is 1. The number of rotatable bonds is 3. The number of nitrogen functional groups attached to an aromatic ring is 1. The van der Waals surface area contributed by atoms with E-state index in [1.807, 2.05) is 11.9 Å². The number of carbonyl (C=O) groups is 1. The van der Waals surface area contributed by atoms with E-state index in [9.17, 15) is 4.79 Å². The summed E-state index contributed by atoms with van der Waals surface area (Å²) in [4.78, 5) is 13.1. The molecule has 1 fully saturated rings. The Morgan fingerprint density at radius 2 is 2.20 bits per heavy atom. The summed E-state index contributed by atoms with van der Waals surface area (Å²) in [6.07, 6.45) is 2.28. The van der Waals surface area contributed by atoms with Crippen LogP contribution in [0.3, 0.4) is 0 Å². The molecule has 4 heteroatoms. The second-order valence-corrected chi connectivity index (χ2v) is 3.92. The number of hydrogen-bond donors (Lipinski definition) is 2. The van der Waals surface area contributed by atoms with Gasteiger partial charge in [-0.15, -0.1) is 0 Å². The number of carboxylic acid groups (broad SMARTS) is 1. The smallest absolute Gasteiger partial charge is 0.337 e. The van der Waals surface area contributed by atoms with Crippen molar-refractivity contribution >= 4 is 17.3 Å². The number of anilines is 2. The number of aromatic carboxylic acids is 1. The summed E-state index contributed by atoms with van der Waals surface area (Å²) in [6, 6.07) is 5.51. The molecule has 2 rings (SSSR count). The quantitative estimate of drug-likeness (QED) is 0.736. The normalized spacial score (nSPS) is 15.0. The fourth-order valence-electron chi connectivity index (χ4n) is 1.69. The number of hydrogen-bond acceptors (Lipinski definition) is 3. The molecular weight excluding hydrogens is 192 g/mol. The first-order valence-corrected chi connectivity index (χ1v) is 4.95. The monoisotopic (exact) mass is 206 g/mol. The highest BCUT2D eigenvalue weighted by molar-refractivity contribution is 5.95. The second-order valence-electron chi connectivity index (χ2n) is 3.92. The van der Waals surface area contributed by atoms with Gasteiger partial charge in [-0.25, -0.2) is 4.79 Å². The third-order valence-corrected chi connectivity index (χ3v) is 2.73. The zero-order chi connectivity index (χ0) is 11.0. The van der Waals surface area contributed by atoms with E-state index in [0.29, 0.717) is 11.7 Å². The molecule has 0 aromatic heterocycles. The van der Waals surface area contributed by atoms with Gasteiger partial charge < -0.3 is 15.7 Å². The first kappa shape index (κ1) is 9.83. The fourth-order valence-corrected chi connectivity index (χ4v) is 1.69. The lowest BCUT2D eigenvalue weighted by Crippen LogP contribution is -2.22. The zero-order valence-corrected chi connectivity index (χ0v) is 8.60. The van der Waals surface area contributed by atoms with Gasteiger partial charge >= 0.3 is 5.97 Å². The van der Waals surface area contributed by atoms with Crippen LogP contribution >= 0.6 is 0 Å². The predicted octanol–water partition coefficient (Wildman–Crippen LogP) is 1.57. The molecule has 0 heterocycles. The minimum atomic E-state index is -0.926. The maximum Gasteiger partial charge on any atom is 0.337 e. The summed E-state index contributed by atoms with van der Waals surface area (Å²) in [7, 11) is 1.93. The molecule has 4 nitrogen and oxygen atoms in total. The maximum atomic E-state index is 11.0. The van der Waals surface area contributed by atoms with E-state index < -0.39 is 5.97 Å². The lowest BCUT2D eigenvalue weighted by Gasteiger charge is -2.20. The van der Waals surface area contributed by atoms with E-state index >= 15 is 0 Å². The molecule has 0 aliphatic heterocycles. The van der Waals surface area contributed by atoms with Crippen LogP contribution in [0.1, 0.15) is 23.2 Å². The Labute approximate surface area is 88.3 Å². The van der Waals surface area contributed by atoms with E-state index in [4.69, 9.17) is 10.8 Å².